The van der Waals surface area contributed by atoms with E-state index in [4.69, 9.17) is 0 Å². The lowest BCUT2D eigenvalue weighted by atomic mass is 9.87. The van der Waals surface area contributed by atoms with Gasteiger partial charge in [0.1, 0.15) is 11.6 Å². The molecule has 0 aromatic heterocycles. The van der Waals surface area contributed by atoms with Crippen LogP contribution in [-0.2, 0) is 9.59 Å². The van der Waals surface area contributed by atoms with E-state index in [0.29, 0.717) is 18.9 Å². The van der Waals surface area contributed by atoms with Gasteiger partial charge in [-0.05, 0) is 32.1 Å². The molecular formula is C13H20N2O2. The number of rotatable bonds is 4. The molecule has 0 spiro atoms. The number of hydrogen-bond acceptors (Lipinski definition) is 2. The van der Waals surface area contributed by atoms with Crippen molar-refractivity contribution in [2.45, 2.75) is 44.7 Å². The maximum absolute atomic E-state index is 12.3. The van der Waals surface area contributed by atoms with Crippen LogP contribution in [0.2, 0.25) is 0 Å². The van der Waals surface area contributed by atoms with Gasteiger partial charge < -0.3 is 10.2 Å². The van der Waals surface area contributed by atoms with Crippen LogP contribution in [0.25, 0.3) is 0 Å². The topological polar surface area (TPSA) is 49.4 Å². The molecule has 1 saturated carbocycles. The van der Waals surface area contributed by atoms with Gasteiger partial charge in [-0.15, -0.1) is 6.58 Å². The molecule has 94 valence electrons. The van der Waals surface area contributed by atoms with Crippen molar-refractivity contribution in [2.24, 2.45) is 5.92 Å². The van der Waals surface area contributed by atoms with Gasteiger partial charge in [-0.1, -0.05) is 13.0 Å². The zero-order valence-electron chi connectivity index (χ0n) is 10.5. The van der Waals surface area contributed by atoms with Crippen molar-refractivity contribution in [2.75, 3.05) is 6.54 Å². The standard InChI is InChI=1S/C13H20N2O2/c1-4-8-15-11(16)10(5-2)14-12(17)13(15,3)9-6-7-9/h4,9-10H,1,5-8H2,2-3H3,(H,14,17). The second-order valence-corrected chi connectivity index (χ2v) is 5.09. The highest BCUT2D eigenvalue weighted by Gasteiger charge is 2.56. The summed E-state index contributed by atoms with van der Waals surface area (Å²) < 4.78 is 0. The van der Waals surface area contributed by atoms with Crippen molar-refractivity contribution >= 4 is 11.8 Å². The molecule has 2 fully saturated rings. The molecule has 0 aromatic carbocycles. The molecule has 1 aliphatic heterocycles. The van der Waals surface area contributed by atoms with E-state index in [1.54, 1.807) is 11.0 Å². The summed E-state index contributed by atoms with van der Waals surface area (Å²) in [6.45, 7) is 7.93. The molecule has 4 nitrogen and oxygen atoms in total. The second-order valence-electron chi connectivity index (χ2n) is 5.09. The van der Waals surface area contributed by atoms with Gasteiger partial charge in [-0.2, -0.15) is 0 Å². The molecule has 2 amide bonds. The Balaban J connectivity index is 2.32. The van der Waals surface area contributed by atoms with E-state index in [2.05, 4.69) is 11.9 Å². The van der Waals surface area contributed by atoms with E-state index >= 15 is 0 Å². The smallest absolute Gasteiger partial charge is 0.246 e. The molecular weight excluding hydrogens is 216 g/mol. The van der Waals surface area contributed by atoms with Crippen LogP contribution in [0.15, 0.2) is 12.7 Å². The van der Waals surface area contributed by atoms with Crippen LogP contribution in [0.1, 0.15) is 33.1 Å². The number of piperazine rings is 1. The molecule has 1 N–H and O–H groups in total. The van der Waals surface area contributed by atoms with Gasteiger partial charge in [0, 0.05) is 6.54 Å². The van der Waals surface area contributed by atoms with E-state index in [1.165, 1.54) is 0 Å². The highest BCUT2D eigenvalue weighted by Crippen LogP contribution is 2.44. The number of nitrogens with zero attached hydrogens (tertiary/aromatic N) is 1. The van der Waals surface area contributed by atoms with Crippen molar-refractivity contribution in [1.29, 1.82) is 0 Å². The molecule has 1 heterocycles. The van der Waals surface area contributed by atoms with E-state index in [-0.39, 0.29) is 17.9 Å². The van der Waals surface area contributed by atoms with Crippen LogP contribution in [0.3, 0.4) is 0 Å². The molecule has 4 heteroatoms. The minimum atomic E-state index is -0.670. The van der Waals surface area contributed by atoms with E-state index < -0.39 is 5.54 Å². The molecule has 1 saturated heterocycles. The first-order chi connectivity index (χ1) is 8.05. The Labute approximate surface area is 102 Å². The monoisotopic (exact) mass is 236 g/mol. The summed E-state index contributed by atoms with van der Waals surface area (Å²) in [5.74, 6) is 0.332. The lowest BCUT2D eigenvalue weighted by Crippen LogP contribution is -2.70. The quantitative estimate of drug-likeness (QED) is 0.742. The fraction of sp³-hybridized carbons (Fsp3) is 0.692. The third-order valence-electron chi connectivity index (χ3n) is 3.98. The minimum Gasteiger partial charge on any atom is -0.342 e. The molecule has 0 aromatic rings. The summed E-state index contributed by atoms with van der Waals surface area (Å²) in [6.07, 6.45) is 4.39. The predicted octanol–water partition coefficient (Wildman–Crippen LogP) is 1.08. The molecule has 0 radical (unpaired) electrons. The van der Waals surface area contributed by atoms with Crippen LogP contribution in [0.5, 0.6) is 0 Å². The van der Waals surface area contributed by atoms with Crippen molar-refractivity contribution in [3.8, 4) is 0 Å². The van der Waals surface area contributed by atoms with Gasteiger partial charge in [0.05, 0.1) is 0 Å². The zero-order valence-corrected chi connectivity index (χ0v) is 10.5. The lowest BCUT2D eigenvalue weighted by Gasteiger charge is -2.46. The van der Waals surface area contributed by atoms with Gasteiger partial charge in [0.25, 0.3) is 0 Å². The molecule has 2 rings (SSSR count). The third kappa shape index (κ3) is 1.75. The Morgan fingerprint density at radius 3 is 2.65 bits per heavy atom. The van der Waals surface area contributed by atoms with Crippen LogP contribution in [0.4, 0.5) is 0 Å². The molecule has 2 aliphatic rings. The van der Waals surface area contributed by atoms with Gasteiger partial charge in [0.15, 0.2) is 0 Å². The van der Waals surface area contributed by atoms with Crippen molar-refractivity contribution < 1.29 is 9.59 Å². The molecule has 17 heavy (non-hydrogen) atoms. The van der Waals surface area contributed by atoms with Crippen molar-refractivity contribution in [3.63, 3.8) is 0 Å². The van der Waals surface area contributed by atoms with Gasteiger partial charge in [-0.25, -0.2) is 0 Å². The highest BCUT2D eigenvalue weighted by atomic mass is 16.2. The first-order valence-electron chi connectivity index (χ1n) is 6.29. The van der Waals surface area contributed by atoms with Gasteiger partial charge >= 0.3 is 0 Å². The maximum atomic E-state index is 12.3. The number of nitrogens with one attached hydrogen (secondary N) is 1. The predicted molar refractivity (Wildman–Crippen MR) is 65.3 cm³/mol. The Bertz CT molecular complexity index is 362. The fourth-order valence-electron chi connectivity index (χ4n) is 2.64. The number of amides is 2. The third-order valence-corrected chi connectivity index (χ3v) is 3.98. The van der Waals surface area contributed by atoms with E-state index in [0.717, 1.165) is 12.8 Å². The molecule has 0 bridgehead atoms. The summed E-state index contributed by atoms with van der Waals surface area (Å²) in [4.78, 5) is 26.3. The molecule has 2 unspecified atom stereocenters. The minimum absolute atomic E-state index is 0.00620. The average molecular weight is 236 g/mol. The average Bonchev–Trinajstić information content (AvgIpc) is 3.13. The largest absolute Gasteiger partial charge is 0.342 e. The fourth-order valence-corrected chi connectivity index (χ4v) is 2.64. The molecule has 1 aliphatic carbocycles. The number of carbonyl (C=O) groups excluding carboxylic acids is 2. The second kappa shape index (κ2) is 4.17. The van der Waals surface area contributed by atoms with Crippen LogP contribution >= 0.6 is 0 Å². The number of carbonyl (C=O) groups is 2. The normalized spacial score (nSPS) is 33.5. The summed E-state index contributed by atoms with van der Waals surface area (Å²) in [6, 6.07) is -0.366. The van der Waals surface area contributed by atoms with Crippen LogP contribution < -0.4 is 5.32 Å². The van der Waals surface area contributed by atoms with Gasteiger partial charge in [0.2, 0.25) is 11.8 Å². The Kier molecular flexibility index (Phi) is 2.98. The zero-order chi connectivity index (χ0) is 12.6. The summed E-state index contributed by atoms with van der Waals surface area (Å²) in [7, 11) is 0. The summed E-state index contributed by atoms with van der Waals surface area (Å²) in [5.41, 5.74) is -0.670. The molecule has 2 atom stereocenters. The Hall–Kier alpha value is -1.32. The van der Waals surface area contributed by atoms with E-state index in [1.807, 2.05) is 13.8 Å². The van der Waals surface area contributed by atoms with Crippen LogP contribution in [-0.4, -0.2) is 34.8 Å². The summed E-state index contributed by atoms with van der Waals surface area (Å²) >= 11 is 0. The number of hydrogen-bond donors (Lipinski definition) is 1. The lowest BCUT2D eigenvalue weighted by molar-refractivity contribution is -0.157. The van der Waals surface area contributed by atoms with E-state index in [9.17, 15) is 9.59 Å². The summed E-state index contributed by atoms with van der Waals surface area (Å²) in [5, 5.41) is 2.85. The first kappa shape index (κ1) is 12.1. The van der Waals surface area contributed by atoms with Crippen molar-refractivity contribution in [1.82, 2.24) is 10.2 Å². The van der Waals surface area contributed by atoms with Crippen LogP contribution in [0, 0.1) is 5.92 Å². The Morgan fingerprint density at radius 1 is 1.53 bits per heavy atom. The maximum Gasteiger partial charge on any atom is 0.246 e. The first-order valence-corrected chi connectivity index (χ1v) is 6.29. The van der Waals surface area contributed by atoms with Crippen molar-refractivity contribution in [3.05, 3.63) is 12.7 Å². The SMILES string of the molecule is C=CCN1C(=O)C(CC)NC(=O)C1(C)C1CC1. The highest BCUT2D eigenvalue weighted by molar-refractivity contribution is 6.00. The Morgan fingerprint density at radius 2 is 2.18 bits per heavy atom. The van der Waals surface area contributed by atoms with Gasteiger partial charge in [-0.3, -0.25) is 9.59 Å².